The number of nitrogens with one attached hydrogen (secondary N) is 1. The van der Waals surface area contributed by atoms with Crippen LogP contribution in [0.5, 0.6) is 0 Å². The summed E-state index contributed by atoms with van der Waals surface area (Å²) in [6.07, 6.45) is 0. The van der Waals surface area contributed by atoms with E-state index in [0.717, 1.165) is 6.54 Å². The molecule has 1 atom stereocenters. The molecule has 76 valence electrons. The largest absolute Gasteiger partial charge is 0.382 e. The second-order valence-electron chi connectivity index (χ2n) is 3.02. The molecule has 0 radical (unpaired) electrons. The molecule has 13 heavy (non-hydrogen) atoms. The highest BCUT2D eigenvalue weighted by Gasteiger charge is 2.21. The topological polar surface area (TPSA) is 54.3 Å². The Morgan fingerprint density at radius 3 is 2.62 bits per heavy atom. The molecule has 0 aliphatic carbocycles. The van der Waals surface area contributed by atoms with Gasteiger partial charge in [-0.05, 0) is 13.5 Å². The molecule has 0 aromatic rings. The molecular weight excluding hydrogens is 168 g/mol. The first-order chi connectivity index (χ1) is 6.18. The zero-order valence-electron chi connectivity index (χ0n) is 8.59. The van der Waals surface area contributed by atoms with Crippen LogP contribution in [0.1, 0.15) is 13.8 Å². The molecule has 0 spiro atoms. The summed E-state index contributed by atoms with van der Waals surface area (Å²) < 4.78 is 10.1. The molecule has 0 saturated carbocycles. The van der Waals surface area contributed by atoms with Gasteiger partial charge in [0, 0.05) is 7.11 Å². The Balaban J connectivity index is 3.65. The third kappa shape index (κ3) is 5.58. The van der Waals surface area contributed by atoms with Crippen LogP contribution in [0.15, 0.2) is 0 Å². The lowest BCUT2D eigenvalue weighted by atomic mass is 10.1. The van der Waals surface area contributed by atoms with Crippen LogP contribution in [0.25, 0.3) is 0 Å². The lowest BCUT2D eigenvalue weighted by molar-refractivity contribution is 0.0499. The van der Waals surface area contributed by atoms with Crippen LogP contribution in [-0.2, 0) is 9.47 Å². The summed E-state index contributed by atoms with van der Waals surface area (Å²) in [7, 11) is 1.62. The molecule has 0 heterocycles. The Kier molecular flexibility index (Phi) is 6.51. The van der Waals surface area contributed by atoms with Crippen molar-refractivity contribution in [1.29, 1.82) is 5.26 Å². The van der Waals surface area contributed by atoms with Crippen LogP contribution in [0.3, 0.4) is 0 Å². The van der Waals surface area contributed by atoms with Crippen LogP contribution < -0.4 is 5.32 Å². The smallest absolute Gasteiger partial charge is 0.127 e. The minimum Gasteiger partial charge on any atom is -0.382 e. The number of hydrogen-bond donors (Lipinski definition) is 1. The fourth-order valence-corrected chi connectivity index (χ4v) is 0.932. The molecule has 1 unspecified atom stereocenters. The van der Waals surface area contributed by atoms with E-state index in [-0.39, 0.29) is 0 Å². The van der Waals surface area contributed by atoms with Gasteiger partial charge in [0.05, 0.1) is 25.9 Å². The Morgan fingerprint density at radius 1 is 1.46 bits per heavy atom. The van der Waals surface area contributed by atoms with Crippen LogP contribution in [0.4, 0.5) is 0 Å². The number of likely N-dealkylation sites (N-methyl/N-ethyl adjacent to an activating group) is 1. The quantitative estimate of drug-likeness (QED) is 0.590. The van der Waals surface area contributed by atoms with E-state index in [4.69, 9.17) is 14.7 Å². The molecule has 1 N–H and O–H groups in total. The molecule has 0 aromatic heterocycles. The SMILES string of the molecule is CCNC(C)(C#N)COCCOC. The predicted molar refractivity (Wildman–Crippen MR) is 50.4 cm³/mol. The summed E-state index contributed by atoms with van der Waals surface area (Å²) in [5, 5.41) is 11.9. The molecule has 4 heteroatoms. The van der Waals surface area contributed by atoms with Crippen molar-refractivity contribution >= 4 is 0 Å². The highest BCUT2D eigenvalue weighted by molar-refractivity contribution is 5.03. The van der Waals surface area contributed by atoms with Gasteiger partial charge < -0.3 is 9.47 Å². The van der Waals surface area contributed by atoms with Crippen molar-refractivity contribution in [3.63, 3.8) is 0 Å². The summed E-state index contributed by atoms with van der Waals surface area (Å²) in [5.41, 5.74) is -0.581. The fraction of sp³-hybridized carbons (Fsp3) is 0.889. The Morgan fingerprint density at radius 2 is 2.15 bits per heavy atom. The molecule has 0 fully saturated rings. The van der Waals surface area contributed by atoms with Crippen molar-refractivity contribution in [2.75, 3.05) is 33.5 Å². The molecule has 0 amide bonds. The number of nitriles is 1. The Bertz CT molecular complexity index is 167. The zero-order valence-corrected chi connectivity index (χ0v) is 8.59. The minimum atomic E-state index is -0.581. The van der Waals surface area contributed by atoms with E-state index in [1.165, 1.54) is 0 Å². The first kappa shape index (κ1) is 12.4. The van der Waals surface area contributed by atoms with Crippen LogP contribution in [0, 0.1) is 11.3 Å². The van der Waals surface area contributed by atoms with Crippen molar-refractivity contribution < 1.29 is 9.47 Å². The summed E-state index contributed by atoms with van der Waals surface area (Å²) in [4.78, 5) is 0. The summed E-state index contributed by atoms with van der Waals surface area (Å²) in [6.45, 7) is 6.03. The van der Waals surface area contributed by atoms with Crippen molar-refractivity contribution in [3.05, 3.63) is 0 Å². The number of nitrogens with zero attached hydrogens (tertiary/aromatic N) is 1. The summed E-state index contributed by atoms with van der Waals surface area (Å²) in [5.74, 6) is 0. The maximum Gasteiger partial charge on any atom is 0.127 e. The second kappa shape index (κ2) is 6.84. The van der Waals surface area contributed by atoms with E-state index in [2.05, 4.69) is 11.4 Å². The number of ether oxygens (including phenoxy) is 2. The van der Waals surface area contributed by atoms with Crippen LogP contribution in [-0.4, -0.2) is 39.0 Å². The Labute approximate surface area is 79.8 Å². The summed E-state index contributed by atoms with van der Waals surface area (Å²) in [6, 6.07) is 2.18. The first-order valence-electron chi connectivity index (χ1n) is 4.41. The van der Waals surface area contributed by atoms with Crippen molar-refractivity contribution in [2.45, 2.75) is 19.4 Å². The molecule has 0 rings (SSSR count). The van der Waals surface area contributed by atoms with Gasteiger partial charge in [0.25, 0.3) is 0 Å². The third-order valence-electron chi connectivity index (χ3n) is 1.64. The summed E-state index contributed by atoms with van der Waals surface area (Å²) >= 11 is 0. The zero-order chi connectivity index (χ0) is 10.2. The number of rotatable bonds is 7. The number of hydrogen-bond acceptors (Lipinski definition) is 4. The van der Waals surface area contributed by atoms with Gasteiger partial charge in [-0.2, -0.15) is 5.26 Å². The van der Waals surface area contributed by atoms with E-state index in [9.17, 15) is 0 Å². The average molecular weight is 186 g/mol. The van der Waals surface area contributed by atoms with Gasteiger partial charge in [0.15, 0.2) is 0 Å². The van der Waals surface area contributed by atoms with E-state index in [0.29, 0.717) is 19.8 Å². The predicted octanol–water partition coefficient (Wildman–Crippen LogP) is 0.541. The molecule has 4 nitrogen and oxygen atoms in total. The van der Waals surface area contributed by atoms with Gasteiger partial charge in [-0.1, -0.05) is 6.92 Å². The highest BCUT2D eigenvalue weighted by Crippen LogP contribution is 2.01. The van der Waals surface area contributed by atoms with Gasteiger partial charge in [0.2, 0.25) is 0 Å². The van der Waals surface area contributed by atoms with Crippen molar-refractivity contribution in [3.8, 4) is 6.07 Å². The van der Waals surface area contributed by atoms with Crippen molar-refractivity contribution in [1.82, 2.24) is 5.32 Å². The second-order valence-corrected chi connectivity index (χ2v) is 3.02. The highest BCUT2D eigenvalue weighted by atomic mass is 16.5. The molecule has 0 bridgehead atoms. The maximum atomic E-state index is 8.85. The van der Waals surface area contributed by atoms with Crippen molar-refractivity contribution in [2.24, 2.45) is 0 Å². The molecule has 0 saturated heterocycles. The van der Waals surface area contributed by atoms with E-state index in [1.54, 1.807) is 7.11 Å². The Hall–Kier alpha value is -0.630. The molecular formula is C9H18N2O2. The standard InChI is InChI=1S/C9H18N2O2/c1-4-11-9(2,7-10)8-13-6-5-12-3/h11H,4-6,8H2,1-3H3. The fourth-order valence-electron chi connectivity index (χ4n) is 0.932. The lowest BCUT2D eigenvalue weighted by Crippen LogP contribution is -2.45. The van der Waals surface area contributed by atoms with Crippen LogP contribution >= 0.6 is 0 Å². The van der Waals surface area contributed by atoms with E-state index >= 15 is 0 Å². The van der Waals surface area contributed by atoms with E-state index in [1.807, 2.05) is 13.8 Å². The van der Waals surface area contributed by atoms with Gasteiger partial charge in [-0.25, -0.2) is 0 Å². The molecule has 0 aromatic carbocycles. The molecule has 0 aliphatic heterocycles. The average Bonchev–Trinajstić information content (AvgIpc) is 2.13. The van der Waals surface area contributed by atoms with Gasteiger partial charge in [-0.3, -0.25) is 5.32 Å². The molecule has 0 aliphatic rings. The monoisotopic (exact) mass is 186 g/mol. The third-order valence-corrected chi connectivity index (χ3v) is 1.64. The van der Waals surface area contributed by atoms with Gasteiger partial charge in [0.1, 0.15) is 5.54 Å². The minimum absolute atomic E-state index is 0.390. The normalized spacial score (nSPS) is 14.9. The maximum absolute atomic E-state index is 8.85. The van der Waals surface area contributed by atoms with E-state index < -0.39 is 5.54 Å². The van der Waals surface area contributed by atoms with Crippen LogP contribution in [0.2, 0.25) is 0 Å². The van der Waals surface area contributed by atoms with Gasteiger partial charge in [-0.15, -0.1) is 0 Å². The lowest BCUT2D eigenvalue weighted by Gasteiger charge is -2.21. The number of methoxy groups -OCH3 is 1. The van der Waals surface area contributed by atoms with Gasteiger partial charge >= 0.3 is 0 Å². The first-order valence-corrected chi connectivity index (χ1v) is 4.41.